The Bertz CT molecular complexity index is 747. The van der Waals surface area contributed by atoms with Crippen LogP contribution >= 0.6 is 22.6 Å². The molecule has 0 saturated carbocycles. The fraction of sp³-hybridized carbons (Fsp3) is 0.0625. The van der Waals surface area contributed by atoms with E-state index in [-0.39, 0.29) is 5.75 Å². The molecular weight excluding hydrogens is 363 g/mol. The number of aromatic hydroxyl groups is 1. The maximum absolute atomic E-state index is 10.0. The Kier molecular flexibility index (Phi) is 3.48. The van der Waals surface area contributed by atoms with E-state index in [1.807, 2.05) is 30.3 Å². The molecule has 0 saturated heterocycles. The van der Waals surface area contributed by atoms with Crippen molar-refractivity contribution < 1.29 is 5.11 Å². The molecule has 3 nitrogen and oxygen atoms in total. The van der Waals surface area contributed by atoms with Crippen LogP contribution in [0.15, 0.2) is 48.5 Å². The molecule has 2 aromatic carbocycles. The summed E-state index contributed by atoms with van der Waals surface area (Å²) in [6.07, 6.45) is 0. The lowest BCUT2D eigenvalue weighted by Gasteiger charge is -2.01. The van der Waals surface area contributed by atoms with E-state index in [4.69, 9.17) is 0 Å². The summed E-state index contributed by atoms with van der Waals surface area (Å²) < 4.78 is 1.00. The Morgan fingerprint density at radius 2 is 1.80 bits per heavy atom. The van der Waals surface area contributed by atoms with E-state index >= 15 is 0 Å². The Morgan fingerprint density at radius 3 is 2.50 bits per heavy atom. The summed E-state index contributed by atoms with van der Waals surface area (Å²) in [6.45, 7) is 2.06. The molecule has 2 N–H and O–H groups in total. The van der Waals surface area contributed by atoms with E-state index in [1.54, 1.807) is 6.07 Å². The normalized spacial score (nSPS) is 10.7. The number of H-pyrrole nitrogens is 1. The van der Waals surface area contributed by atoms with Crippen molar-refractivity contribution in [2.75, 3.05) is 0 Å². The highest BCUT2D eigenvalue weighted by Gasteiger charge is 2.09. The smallest absolute Gasteiger partial charge is 0.126 e. The average molecular weight is 376 g/mol. The second kappa shape index (κ2) is 5.28. The molecule has 0 atom stereocenters. The van der Waals surface area contributed by atoms with Gasteiger partial charge in [0.25, 0.3) is 0 Å². The van der Waals surface area contributed by atoms with Crippen molar-refractivity contribution in [2.45, 2.75) is 6.92 Å². The van der Waals surface area contributed by atoms with Gasteiger partial charge in [0.1, 0.15) is 5.75 Å². The summed E-state index contributed by atoms with van der Waals surface area (Å²) in [5.74, 6) is 0.260. The van der Waals surface area contributed by atoms with Crippen molar-refractivity contribution in [3.05, 3.63) is 57.7 Å². The van der Waals surface area contributed by atoms with Gasteiger partial charge in [-0.15, -0.1) is 0 Å². The van der Waals surface area contributed by atoms with E-state index in [9.17, 15) is 5.11 Å². The first-order valence-corrected chi connectivity index (χ1v) is 7.33. The summed E-state index contributed by atoms with van der Waals surface area (Å²) in [7, 11) is 0. The summed E-state index contributed by atoms with van der Waals surface area (Å²) in [5, 5.41) is 17.3. The minimum absolute atomic E-state index is 0.260. The van der Waals surface area contributed by atoms with Crippen LogP contribution < -0.4 is 0 Å². The maximum atomic E-state index is 10.0. The molecule has 0 spiro atoms. The van der Waals surface area contributed by atoms with E-state index < -0.39 is 0 Å². The number of aromatic amines is 1. The van der Waals surface area contributed by atoms with Gasteiger partial charge in [0, 0.05) is 14.7 Å². The van der Waals surface area contributed by atoms with Gasteiger partial charge in [0.05, 0.1) is 11.4 Å². The third kappa shape index (κ3) is 2.56. The minimum Gasteiger partial charge on any atom is -0.507 e. The fourth-order valence-electron chi connectivity index (χ4n) is 2.06. The largest absolute Gasteiger partial charge is 0.507 e. The van der Waals surface area contributed by atoms with E-state index in [2.05, 4.69) is 51.8 Å². The van der Waals surface area contributed by atoms with E-state index in [0.717, 1.165) is 26.1 Å². The summed E-state index contributed by atoms with van der Waals surface area (Å²) >= 11 is 2.17. The lowest BCUT2D eigenvalue weighted by molar-refractivity contribution is 0.476. The van der Waals surface area contributed by atoms with E-state index in [1.165, 1.54) is 5.56 Å². The number of nitrogens with one attached hydrogen (secondary N) is 1. The molecular formula is C16H13IN2O. The number of aryl methyl sites for hydroxylation is 1. The number of phenolic OH excluding ortho intramolecular Hbond substituents is 1. The first-order valence-electron chi connectivity index (χ1n) is 6.25. The van der Waals surface area contributed by atoms with Crippen LogP contribution in [0.3, 0.4) is 0 Å². The van der Waals surface area contributed by atoms with Crippen LogP contribution in [0.2, 0.25) is 0 Å². The zero-order valence-corrected chi connectivity index (χ0v) is 13.0. The third-order valence-corrected chi connectivity index (χ3v) is 3.85. The molecule has 0 unspecified atom stereocenters. The fourth-order valence-corrected chi connectivity index (χ4v) is 2.54. The maximum Gasteiger partial charge on any atom is 0.126 e. The molecule has 3 aromatic rings. The Labute approximate surface area is 130 Å². The first-order chi connectivity index (χ1) is 9.63. The molecule has 0 aliphatic rings. The number of hydrogen-bond donors (Lipinski definition) is 2. The van der Waals surface area contributed by atoms with Gasteiger partial charge in [-0.1, -0.05) is 29.8 Å². The average Bonchev–Trinajstić information content (AvgIpc) is 2.89. The summed E-state index contributed by atoms with van der Waals surface area (Å²) in [5.41, 5.74) is 4.73. The van der Waals surface area contributed by atoms with Gasteiger partial charge in [-0.2, -0.15) is 5.10 Å². The van der Waals surface area contributed by atoms with Gasteiger partial charge in [-0.3, -0.25) is 5.10 Å². The third-order valence-electron chi connectivity index (χ3n) is 3.18. The second-order valence-electron chi connectivity index (χ2n) is 4.69. The monoisotopic (exact) mass is 376 g/mol. The van der Waals surface area contributed by atoms with Crippen molar-refractivity contribution in [1.29, 1.82) is 0 Å². The highest BCUT2D eigenvalue weighted by molar-refractivity contribution is 14.1. The standard InChI is InChI=1S/C16H13IN2O/c1-10-2-4-11(5-3-10)14-9-15(19-18-14)13-7-6-12(17)8-16(13)20/h2-9,20H,1H3,(H,18,19). The minimum atomic E-state index is 0.260. The van der Waals surface area contributed by atoms with Crippen LogP contribution in [0.1, 0.15) is 5.56 Å². The lowest BCUT2D eigenvalue weighted by Crippen LogP contribution is -1.80. The molecule has 0 fully saturated rings. The Morgan fingerprint density at radius 1 is 1.05 bits per heavy atom. The Hall–Kier alpha value is -1.82. The van der Waals surface area contributed by atoms with Gasteiger partial charge < -0.3 is 5.11 Å². The van der Waals surface area contributed by atoms with Crippen molar-refractivity contribution in [3.8, 4) is 28.3 Å². The highest BCUT2D eigenvalue weighted by Crippen LogP contribution is 2.31. The van der Waals surface area contributed by atoms with Crippen molar-refractivity contribution in [3.63, 3.8) is 0 Å². The number of halogens is 1. The molecule has 1 aromatic heterocycles. The zero-order valence-electron chi connectivity index (χ0n) is 10.9. The second-order valence-corrected chi connectivity index (χ2v) is 5.94. The van der Waals surface area contributed by atoms with Crippen LogP contribution in [0.5, 0.6) is 5.75 Å². The predicted molar refractivity (Wildman–Crippen MR) is 88.6 cm³/mol. The molecule has 0 amide bonds. The number of phenols is 1. The number of hydrogen-bond acceptors (Lipinski definition) is 2. The number of rotatable bonds is 2. The highest BCUT2D eigenvalue weighted by atomic mass is 127. The van der Waals surface area contributed by atoms with Gasteiger partial charge >= 0.3 is 0 Å². The van der Waals surface area contributed by atoms with Gasteiger partial charge in [-0.25, -0.2) is 0 Å². The number of nitrogens with zero attached hydrogens (tertiary/aromatic N) is 1. The van der Waals surface area contributed by atoms with Gasteiger partial charge in [0.2, 0.25) is 0 Å². The molecule has 3 rings (SSSR count). The van der Waals surface area contributed by atoms with E-state index in [0.29, 0.717) is 0 Å². The van der Waals surface area contributed by atoms with Crippen molar-refractivity contribution >= 4 is 22.6 Å². The quantitative estimate of drug-likeness (QED) is 0.653. The number of benzene rings is 2. The molecule has 20 heavy (non-hydrogen) atoms. The van der Waals surface area contributed by atoms with Crippen LogP contribution in [0.25, 0.3) is 22.5 Å². The van der Waals surface area contributed by atoms with Gasteiger partial charge in [-0.05, 0) is 53.8 Å². The molecule has 100 valence electrons. The molecule has 0 bridgehead atoms. The number of aromatic nitrogens is 2. The van der Waals surface area contributed by atoms with Gasteiger partial charge in [0.15, 0.2) is 0 Å². The summed E-state index contributed by atoms with van der Waals surface area (Å²) in [4.78, 5) is 0. The lowest BCUT2D eigenvalue weighted by atomic mass is 10.1. The van der Waals surface area contributed by atoms with Crippen LogP contribution in [-0.4, -0.2) is 15.3 Å². The SMILES string of the molecule is Cc1ccc(-c2cc(-c3ccc(I)cc3O)[nH]n2)cc1. The summed E-state index contributed by atoms with van der Waals surface area (Å²) in [6, 6.07) is 15.8. The molecule has 0 radical (unpaired) electrons. The van der Waals surface area contributed by atoms with Crippen LogP contribution in [0, 0.1) is 10.5 Å². The Balaban J connectivity index is 1.99. The zero-order chi connectivity index (χ0) is 14.1. The predicted octanol–water partition coefficient (Wildman–Crippen LogP) is 4.36. The molecule has 1 heterocycles. The molecule has 0 aliphatic carbocycles. The van der Waals surface area contributed by atoms with Crippen molar-refractivity contribution in [2.24, 2.45) is 0 Å². The van der Waals surface area contributed by atoms with Crippen LogP contribution in [-0.2, 0) is 0 Å². The first kappa shape index (κ1) is 13.2. The van der Waals surface area contributed by atoms with Crippen LogP contribution in [0.4, 0.5) is 0 Å². The topological polar surface area (TPSA) is 48.9 Å². The molecule has 0 aliphatic heterocycles. The molecule has 4 heteroatoms. The van der Waals surface area contributed by atoms with Crippen molar-refractivity contribution in [1.82, 2.24) is 10.2 Å².